The van der Waals surface area contributed by atoms with E-state index in [2.05, 4.69) is 25.3 Å². The highest BCUT2D eigenvalue weighted by molar-refractivity contribution is 5.90. The minimum Gasteiger partial charge on any atom is -0.364 e. The van der Waals surface area contributed by atoms with E-state index in [4.69, 9.17) is 5.73 Å². The van der Waals surface area contributed by atoms with Crippen LogP contribution in [0, 0.1) is 0 Å². The fourth-order valence-corrected chi connectivity index (χ4v) is 3.28. The number of H-pyrrole nitrogens is 1. The summed E-state index contributed by atoms with van der Waals surface area (Å²) in [6, 6.07) is 2.56. The van der Waals surface area contributed by atoms with Gasteiger partial charge in [-0.3, -0.25) is 9.89 Å². The van der Waals surface area contributed by atoms with Crippen molar-refractivity contribution in [2.45, 2.75) is 24.9 Å². The van der Waals surface area contributed by atoms with Gasteiger partial charge in [0.15, 0.2) is 5.69 Å². The molecule has 3 N–H and O–H groups in total. The molecule has 1 aliphatic rings. The van der Waals surface area contributed by atoms with Gasteiger partial charge in [0.05, 0.1) is 0 Å². The van der Waals surface area contributed by atoms with E-state index >= 15 is 0 Å². The second kappa shape index (κ2) is 6.21. The van der Waals surface area contributed by atoms with Crippen LogP contribution in [0.5, 0.6) is 0 Å². The first kappa shape index (κ1) is 17.2. The number of fused-ring (bicyclic) bond motifs is 1. The zero-order valence-electron chi connectivity index (χ0n) is 13.9. The van der Waals surface area contributed by atoms with Gasteiger partial charge >= 0.3 is 6.18 Å². The Bertz CT molecular complexity index is 995. The smallest absolute Gasteiger partial charge is 0.364 e. The number of piperidine rings is 1. The number of primary amides is 1. The summed E-state index contributed by atoms with van der Waals surface area (Å²) in [7, 11) is 0. The number of rotatable bonds is 3. The van der Waals surface area contributed by atoms with E-state index in [9.17, 15) is 18.0 Å². The molecule has 1 amide bonds. The molecule has 3 aromatic rings. The maximum absolute atomic E-state index is 13.2. The van der Waals surface area contributed by atoms with Gasteiger partial charge in [-0.05, 0) is 18.9 Å². The number of hydrogen-bond acceptors (Lipinski definition) is 6. The number of carbonyl (C=O) groups is 1. The molecule has 1 saturated heterocycles. The van der Waals surface area contributed by atoms with Crippen LogP contribution in [-0.2, 0) is 6.18 Å². The van der Waals surface area contributed by atoms with E-state index in [-0.39, 0.29) is 23.2 Å². The highest BCUT2D eigenvalue weighted by atomic mass is 19.4. The minimum atomic E-state index is -4.59. The van der Waals surface area contributed by atoms with E-state index < -0.39 is 17.8 Å². The zero-order valence-corrected chi connectivity index (χ0v) is 13.9. The van der Waals surface area contributed by atoms with Gasteiger partial charge in [0.2, 0.25) is 0 Å². The van der Waals surface area contributed by atoms with Crippen molar-refractivity contribution < 1.29 is 18.0 Å². The molecular formula is C15H15F3N8O. The Morgan fingerprint density at radius 1 is 1.33 bits per heavy atom. The second-order valence-corrected chi connectivity index (χ2v) is 6.33. The first-order valence-electron chi connectivity index (χ1n) is 8.21. The number of aromatic nitrogens is 6. The number of carbonyl (C=O) groups excluding carboxylic acids is 1. The van der Waals surface area contributed by atoms with Crippen LogP contribution in [0.15, 0.2) is 18.5 Å². The quantitative estimate of drug-likeness (QED) is 0.708. The highest BCUT2D eigenvalue weighted by Gasteiger charge is 2.35. The molecule has 3 aromatic heterocycles. The number of amides is 1. The standard InChI is InChI=1S/C15H15F3N8O/c16-15(17,18)11-5-12(26-14(22-11)20-7-21-26)25-3-1-2-8(6-25)9-4-10(13(19)27)24-23-9/h4-5,7-8H,1-3,6H2,(H2,19,27)(H,23,24). The third-order valence-corrected chi connectivity index (χ3v) is 4.56. The number of alkyl halides is 3. The maximum atomic E-state index is 13.2. The summed E-state index contributed by atoms with van der Waals surface area (Å²) in [6.45, 7) is 0.986. The monoisotopic (exact) mass is 380 g/mol. The van der Waals surface area contributed by atoms with Crippen LogP contribution < -0.4 is 10.6 Å². The lowest BCUT2D eigenvalue weighted by atomic mass is 9.94. The molecule has 0 saturated carbocycles. The number of nitrogens with one attached hydrogen (secondary N) is 1. The molecule has 1 fully saturated rings. The second-order valence-electron chi connectivity index (χ2n) is 6.33. The molecule has 4 rings (SSSR count). The van der Waals surface area contributed by atoms with Crippen LogP contribution in [0.25, 0.3) is 5.78 Å². The topological polar surface area (TPSA) is 118 Å². The van der Waals surface area contributed by atoms with Crippen molar-refractivity contribution in [3.8, 4) is 0 Å². The van der Waals surface area contributed by atoms with Gasteiger partial charge in [0, 0.05) is 30.8 Å². The van der Waals surface area contributed by atoms with E-state index in [0.29, 0.717) is 18.8 Å². The Kier molecular flexibility index (Phi) is 3.97. The number of aromatic amines is 1. The van der Waals surface area contributed by atoms with Crippen molar-refractivity contribution in [3.63, 3.8) is 0 Å². The van der Waals surface area contributed by atoms with Crippen molar-refractivity contribution in [1.82, 2.24) is 29.8 Å². The van der Waals surface area contributed by atoms with Crippen LogP contribution in [0.2, 0.25) is 0 Å². The summed E-state index contributed by atoms with van der Waals surface area (Å²) in [5.41, 5.74) is 5.05. The van der Waals surface area contributed by atoms with E-state index in [1.165, 1.54) is 10.8 Å². The highest BCUT2D eigenvalue weighted by Crippen LogP contribution is 2.33. The Hall–Kier alpha value is -3.18. The van der Waals surface area contributed by atoms with Crippen molar-refractivity contribution >= 4 is 17.5 Å². The third-order valence-electron chi connectivity index (χ3n) is 4.56. The first-order chi connectivity index (χ1) is 12.8. The van der Waals surface area contributed by atoms with Crippen molar-refractivity contribution in [3.05, 3.63) is 35.5 Å². The summed E-state index contributed by atoms with van der Waals surface area (Å²) in [5.74, 6) is -0.525. The van der Waals surface area contributed by atoms with E-state index in [1.807, 2.05) is 0 Å². The molecular weight excluding hydrogens is 365 g/mol. The maximum Gasteiger partial charge on any atom is 0.433 e. The Balaban J connectivity index is 1.68. The molecule has 4 heterocycles. The number of anilines is 1. The SMILES string of the molecule is NC(=O)c1cc(C2CCCN(c3cc(C(F)(F)F)nc4ncnn34)C2)[nH]n1. The molecule has 142 valence electrons. The fraction of sp³-hybridized carbons (Fsp3) is 0.400. The predicted octanol–water partition coefficient (Wildman–Crippen LogP) is 1.35. The van der Waals surface area contributed by atoms with Gasteiger partial charge in [0.25, 0.3) is 11.7 Å². The van der Waals surface area contributed by atoms with Crippen molar-refractivity contribution in [2.24, 2.45) is 5.73 Å². The molecule has 0 spiro atoms. The largest absolute Gasteiger partial charge is 0.433 e. The van der Waals surface area contributed by atoms with Crippen LogP contribution >= 0.6 is 0 Å². The lowest BCUT2D eigenvalue weighted by Gasteiger charge is -2.33. The molecule has 0 bridgehead atoms. The average molecular weight is 380 g/mol. The summed E-state index contributed by atoms with van der Waals surface area (Å²) in [5, 5.41) is 10.7. The summed E-state index contributed by atoms with van der Waals surface area (Å²) >= 11 is 0. The summed E-state index contributed by atoms with van der Waals surface area (Å²) in [6.07, 6.45) is -1.87. The average Bonchev–Trinajstić information content (AvgIpc) is 3.29. The van der Waals surface area contributed by atoms with Gasteiger partial charge in [0.1, 0.15) is 17.8 Å². The Labute approximate surface area is 150 Å². The van der Waals surface area contributed by atoms with Gasteiger partial charge in [-0.2, -0.15) is 32.9 Å². The van der Waals surface area contributed by atoms with Crippen molar-refractivity contribution in [2.75, 3.05) is 18.0 Å². The Morgan fingerprint density at radius 3 is 2.85 bits per heavy atom. The van der Waals surface area contributed by atoms with Crippen LogP contribution in [0.1, 0.15) is 40.6 Å². The minimum absolute atomic E-state index is 0.0413. The van der Waals surface area contributed by atoms with Crippen molar-refractivity contribution in [1.29, 1.82) is 0 Å². The fourth-order valence-electron chi connectivity index (χ4n) is 3.28. The molecule has 27 heavy (non-hydrogen) atoms. The van der Waals surface area contributed by atoms with Crippen LogP contribution in [0.3, 0.4) is 0 Å². The number of halogens is 3. The first-order valence-corrected chi connectivity index (χ1v) is 8.21. The molecule has 12 heteroatoms. The number of nitrogens with zero attached hydrogens (tertiary/aromatic N) is 6. The lowest BCUT2D eigenvalue weighted by Crippen LogP contribution is -2.36. The summed E-state index contributed by atoms with van der Waals surface area (Å²) < 4.78 is 40.9. The molecule has 1 aliphatic heterocycles. The zero-order chi connectivity index (χ0) is 19.2. The molecule has 1 atom stereocenters. The van der Waals surface area contributed by atoms with Gasteiger partial charge < -0.3 is 10.6 Å². The number of nitrogens with two attached hydrogens (primary N) is 1. The predicted molar refractivity (Wildman–Crippen MR) is 87.1 cm³/mol. The van der Waals surface area contributed by atoms with E-state index in [1.54, 1.807) is 11.0 Å². The molecule has 9 nitrogen and oxygen atoms in total. The van der Waals surface area contributed by atoms with Gasteiger partial charge in [-0.25, -0.2) is 4.98 Å². The molecule has 0 radical (unpaired) electrons. The molecule has 0 aromatic carbocycles. The van der Waals surface area contributed by atoms with E-state index in [0.717, 1.165) is 18.9 Å². The third kappa shape index (κ3) is 3.17. The normalized spacial score (nSPS) is 18.2. The molecule has 1 unspecified atom stereocenters. The van der Waals surface area contributed by atoms with Gasteiger partial charge in [-0.15, -0.1) is 0 Å². The molecule has 0 aliphatic carbocycles. The Morgan fingerprint density at radius 2 is 2.15 bits per heavy atom. The number of hydrogen-bond donors (Lipinski definition) is 2. The van der Waals surface area contributed by atoms with Crippen LogP contribution in [0.4, 0.5) is 19.0 Å². The lowest BCUT2D eigenvalue weighted by molar-refractivity contribution is -0.141. The van der Waals surface area contributed by atoms with Gasteiger partial charge in [-0.1, -0.05) is 0 Å². The van der Waals surface area contributed by atoms with Crippen LogP contribution in [-0.4, -0.2) is 48.8 Å². The summed E-state index contributed by atoms with van der Waals surface area (Å²) in [4.78, 5) is 20.4.